The highest BCUT2D eigenvalue weighted by atomic mass is 16.5. The van der Waals surface area contributed by atoms with Crippen molar-refractivity contribution in [3.8, 4) is 11.4 Å². The minimum Gasteiger partial charge on any atom is -0.489 e. The molecule has 0 saturated heterocycles. The first-order valence-corrected chi connectivity index (χ1v) is 9.95. The van der Waals surface area contributed by atoms with Crippen molar-refractivity contribution in [1.29, 1.82) is 0 Å². The zero-order chi connectivity index (χ0) is 18.5. The first kappa shape index (κ1) is 17.7. The summed E-state index contributed by atoms with van der Waals surface area (Å²) < 4.78 is 8.28. The fraction of sp³-hybridized carbons (Fsp3) is 0.348. The van der Waals surface area contributed by atoms with E-state index in [9.17, 15) is 0 Å². The maximum absolute atomic E-state index is 6.01. The van der Waals surface area contributed by atoms with Crippen molar-refractivity contribution in [2.45, 2.75) is 45.6 Å². The Morgan fingerprint density at radius 1 is 1.07 bits per heavy atom. The summed E-state index contributed by atoms with van der Waals surface area (Å²) in [7, 11) is 0. The van der Waals surface area contributed by atoms with Gasteiger partial charge in [-0.3, -0.25) is 4.57 Å². The summed E-state index contributed by atoms with van der Waals surface area (Å²) in [4.78, 5) is 4.62. The molecule has 1 aromatic heterocycles. The van der Waals surface area contributed by atoms with Crippen LogP contribution in [0.25, 0.3) is 5.69 Å². The third kappa shape index (κ3) is 4.00. The molecule has 0 amide bonds. The molecular formula is C23H27N3O. The summed E-state index contributed by atoms with van der Waals surface area (Å²) in [5.74, 6) is 3.16. The standard InChI is InChI=1S/C23H27N3O/c1-2-3-7-14-24-23-16-25-22-13-10-19-15-20(11-12-21(19)26(22)23)27-17-18-8-5-4-6-9-18/h4-6,8-9,11-12,15-16,24H,2-3,7,10,13-14,17H2,1H3. The van der Waals surface area contributed by atoms with Gasteiger partial charge in [0.2, 0.25) is 0 Å². The smallest absolute Gasteiger partial charge is 0.130 e. The van der Waals surface area contributed by atoms with Gasteiger partial charge in [0.15, 0.2) is 0 Å². The molecule has 2 heterocycles. The number of fused-ring (bicyclic) bond motifs is 3. The van der Waals surface area contributed by atoms with Crippen molar-refractivity contribution in [3.63, 3.8) is 0 Å². The minimum absolute atomic E-state index is 0.597. The molecule has 0 fully saturated rings. The summed E-state index contributed by atoms with van der Waals surface area (Å²) in [6.07, 6.45) is 7.62. The van der Waals surface area contributed by atoms with Gasteiger partial charge in [0.05, 0.1) is 11.9 Å². The van der Waals surface area contributed by atoms with Crippen LogP contribution < -0.4 is 10.1 Å². The average Bonchev–Trinajstić information content (AvgIpc) is 3.14. The Labute approximate surface area is 161 Å². The summed E-state index contributed by atoms with van der Waals surface area (Å²) in [5.41, 5.74) is 3.73. The minimum atomic E-state index is 0.597. The summed E-state index contributed by atoms with van der Waals surface area (Å²) in [5, 5.41) is 3.56. The predicted molar refractivity (Wildman–Crippen MR) is 110 cm³/mol. The number of nitrogens with zero attached hydrogens (tertiary/aromatic N) is 2. The average molecular weight is 361 g/mol. The van der Waals surface area contributed by atoms with E-state index in [2.05, 4.69) is 52.1 Å². The molecule has 27 heavy (non-hydrogen) atoms. The number of benzene rings is 2. The third-order valence-corrected chi connectivity index (χ3v) is 5.08. The van der Waals surface area contributed by atoms with Gasteiger partial charge in [0, 0.05) is 13.0 Å². The number of hydrogen-bond acceptors (Lipinski definition) is 3. The van der Waals surface area contributed by atoms with Gasteiger partial charge in [-0.25, -0.2) is 4.98 Å². The van der Waals surface area contributed by atoms with E-state index in [0.29, 0.717) is 6.61 Å². The van der Waals surface area contributed by atoms with E-state index in [0.717, 1.165) is 36.8 Å². The summed E-state index contributed by atoms with van der Waals surface area (Å²) in [6, 6.07) is 16.7. The van der Waals surface area contributed by atoms with Gasteiger partial charge in [-0.2, -0.15) is 0 Å². The molecular weight excluding hydrogens is 334 g/mol. The van der Waals surface area contributed by atoms with E-state index in [1.165, 1.54) is 36.1 Å². The Kier molecular flexibility index (Phi) is 5.42. The van der Waals surface area contributed by atoms with Crippen molar-refractivity contribution < 1.29 is 4.74 Å². The Bertz CT molecular complexity index is 886. The number of rotatable bonds is 8. The highest BCUT2D eigenvalue weighted by Crippen LogP contribution is 2.31. The van der Waals surface area contributed by atoms with Crippen LogP contribution in [0, 0.1) is 0 Å². The molecule has 1 N–H and O–H groups in total. The molecule has 1 aliphatic rings. The lowest BCUT2D eigenvalue weighted by Crippen LogP contribution is -2.15. The van der Waals surface area contributed by atoms with Crippen LogP contribution in [-0.2, 0) is 19.4 Å². The largest absolute Gasteiger partial charge is 0.489 e. The van der Waals surface area contributed by atoms with Crippen molar-refractivity contribution in [2.75, 3.05) is 11.9 Å². The monoisotopic (exact) mass is 361 g/mol. The van der Waals surface area contributed by atoms with E-state index in [1.54, 1.807) is 0 Å². The number of unbranched alkanes of at least 4 members (excludes halogenated alkanes) is 2. The second-order valence-corrected chi connectivity index (χ2v) is 7.09. The Morgan fingerprint density at radius 3 is 2.81 bits per heavy atom. The van der Waals surface area contributed by atoms with Crippen LogP contribution >= 0.6 is 0 Å². The van der Waals surface area contributed by atoms with Crippen LogP contribution in [0.2, 0.25) is 0 Å². The van der Waals surface area contributed by atoms with Gasteiger partial charge < -0.3 is 10.1 Å². The lowest BCUT2D eigenvalue weighted by molar-refractivity contribution is 0.306. The number of hydrogen-bond donors (Lipinski definition) is 1. The molecule has 4 heteroatoms. The van der Waals surface area contributed by atoms with Gasteiger partial charge in [-0.15, -0.1) is 0 Å². The van der Waals surface area contributed by atoms with Gasteiger partial charge in [-0.1, -0.05) is 50.1 Å². The van der Waals surface area contributed by atoms with Crippen LogP contribution in [0.3, 0.4) is 0 Å². The predicted octanol–water partition coefficient (Wildman–Crippen LogP) is 5.15. The number of ether oxygens (including phenoxy) is 1. The van der Waals surface area contributed by atoms with E-state index < -0.39 is 0 Å². The Hall–Kier alpha value is -2.75. The fourth-order valence-corrected chi connectivity index (χ4v) is 3.61. The van der Waals surface area contributed by atoms with Crippen LogP contribution in [0.1, 0.15) is 43.1 Å². The molecule has 2 aromatic carbocycles. The summed E-state index contributed by atoms with van der Waals surface area (Å²) >= 11 is 0. The van der Waals surface area contributed by atoms with Crippen molar-refractivity contribution in [1.82, 2.24) is 9.55 Å². The quantitative estimate of drug-likeness (QED) is 0.564. The number of anilines is 1. The van der Waals surface area contributed by atoms with Crippen molar-refractivity contribution in [3.05, 3.63) is 71.7 Å². The van der Waals surface area contributed by atoms with E-state index in [-0.39, 0.29) is 0 Å². The molecule has 140 valence electrons. The number of aromatic nitrogens is 2. The van der Waals surface area contributed by atoms with Crippen molar-refractivity contribution >= 4 is 5.82 Å². The van der Waals surface area contributed by atoms with Crippen LogP contribution in [-0.4, -0.2) is 16.1 Å². The van der Waals surface area contributed by atoms with Gasteiger partial charge in [0.25, 0.3) is 0 Å². The lowest BCUT2D eigenvalue weighted by atomic mass is 10.0. The molecule has 0 saturated carbocycles. The second kappa shape index (κ2) is 8.30. The van der Waals surface area contributed by atoms with Crippen molar-refractivity contribution in [2.24, 2.45) is 0 Å². The highest BCUT2D eigenvalue weighted by molar-refractivity contribution is 5.55. The topological polar surface area (TPSA) is 39.1 Å². The first-order valence-electron chi connectivity index (χ1n) is 9.95. The van der Waals surface area contributed by atoms with Crippen LogP contribution in [0.5, 0.6) is 5.75 Å². The normalized spacial score (nSPS) is 12.3. The second-order valence-electron chi connectivity index (χ2n) is 7.09. The molecule has 3 aromatic rings. The van der Waals surface area contributed by atoms with Gasteiger partial charge in [0.1, 0.15) is 24.0 Å². The number of nitrogens with one attached hydrogen (secondary N) is 1. The van der Waals surface area contributed by atoms with Crippen LogP contribution in [0.15, 0.2) is 54.7 Å². The summed E-state index contributed by atoms with van der Waals surface area (Å²) in [6.45, 7) is 3.82. The zero-order valence-electron chi connectivity index (χ0n) is 15.9. The molecule has 0 bridgehead atoms. The zero-order valence-corrected chi connectivity index (χ0v) is 15.9. The Balaban J connectivity index is 1.50. The van der Waals surface area contributed by atoms with Gasteiger partial charge >= 0.3 is 0 Å². The van der Waals surface area contributed by atoms with Gasteiger partial charge in [-0.05, 0) is 42.2 Å². The third-order valence-electron chi connectivity index (χ3n) is 5.08. The maximum Gasteiger partial charge on any atom is 0.130 e. The highest BCUT2D eigenvalue weighted by Gasteiger charge is 2.20. The lowest BCUT2D eigenvalue weighted by Gasteiger charge is -2.22. The number of imidazole rings is 1. The first-order chi connectivity index (χ1) is 13.3. The van der Waals surface area contributed by atoms with E-state index in [4.69, 9.17) is 4.74 Å². The maximum atomic E-state index is 6.01. The molecule has 0 aliphatic carbocycles. The van der Waals surface area contributed by atoms with E-state index in [1.807, 2.05) is 24.4 Å². The molecule has 0 radical (unpaired) electrons. The van der Waals surface area contributed by atoms with Crippen LogP contribution in [0.4, 0.5) is 5.82 Å². The molecule has 0 unspecified atom stereocenters. The molecule has 0 spiro atoms. The molecule has 4 rings (SSSR count). The Morgan fingerprint density at radius 2 is 1.96 bits per heavy atom. The van der Waals surface area contributed by atoms with E-state index >= 15 is 0 Å². The fourth-order valence-electron chi connectivity index (χ4n) is 3.61. The SMILES string of the molecule is CCCCCNc1cnc2n1-c1ccc(OCc3ccccc3)cc1CC2. The number of aryl methyl sites for hydroxylation is 2. The molecule has 1 aliphatic heterocycles. The molecule has 0 atom stereocenters. The molecule has 4 nitrogen and oxygen atoms in total.